The van der Waals surface area contributed by atoms with Gasteiger partial charge in [0.2, 0.25) is 0 Å². The molecule has 0 radical (unpaired) electrons. The molecule has 1 aromatic rings. The fourth-order valence-electron chi connectivity index (χ4n) is 2.57. The van der Waals surface area contributed by atoms with Crippen molar-refractivity contribution in [3.8, 4) is 0 Å². The zero-order valence-corrected chi connectivity index (χ0v) is 10.4. The summed E-state index contributed by atoms with van der Waals surface area (Å²) in [6.45, 7) is 1.51. The summed E-state index contributed by atoms with van der Waals surface area (Å²) >= 11 is 5.87. The number of carboxylic acids is 1. The second-order valence-electron chi connectivity index (χ2n) is 4.70. The lowest BCUT2D eigenvalue weighted by Gasteiger charge is -2.33. The summed E-state index contributed by atoms with van der Waals surface area (Å²) in [5.41, 5.74) is 0.170. The van der Waals surface area contributed by atoms with E-state index in [2.05, 4.69) is 9.88 Å². The molecule has 3 heterocycles. The Balaban J connectivity index is 1.89. The van der Waals surface area contributed by atoms with Crippen LogP contribution in [0.15, 0.2) is 12.1 Å². The Morgan fingerprint density at radius 3 is 2.67 bits per heavy atom. The van der Waals surface area contributed by atoms with Gasteiger partial charge in [0.25, 0.3) is 0 Å². The van der Waals surface area contributed by atoms with Gasteiger partial charge in [0.05, 0.1) is 17.8 Å². The van der Waals surface area contributed by atoms with Gasteiger partial charge in [-0.3, -0.25) is 0 Å². The largest absolute Gasteiger partial charge is 0.478 e. The summed E-state index contributed by atoms with van der Waals surface area (Å²) in [6.07, 6.45) is 2.59. The normalized spacial score (nSPS) is 26.4. The summed E-state index contributed by atoms with van der Waals surface area (Å²) in [5.74, 6) is -0.364. The maximum atomic E-state index is 11.0. The smallest absolute Gasteiger partial charge is 0.335 e. The third-order valence-electron chi connectivity index (χ3n) is 3.40. The van der Waals surface area contributed by atoms with E-state index >= 15 is 0 Å². The van der Waals surface area contributed by atoms with Crippen LogP contribution in [0.3, 0.4) is 0 Å². The second kappa shape index (κ2) is 4.40. The Labute approximate surface area is 109 Å². The average Bonchev–Trinajstić information content (AvgIpc) is 2.67. The van der Waals surface area contributed by atoms with Crippen molar-refractivity contribution in [1.29, 1.82) is 0 Å². The number of fused-ring (bicyclic) bond motifs is 2. The van der Waals surface area contributed by atoms with Crippen LogP contribution in [0.2, 0.25) is 5.15 Å². The first kappa shape index (κ1) is 11.7. The van der Waals surface area contributed by atoms with E-state index in [1.54, 1.807) is 6.07 Å². The fourth-order valence-corrected chi connectivity index (χ4v) is 2.77. The molecule has 0 spiro atoms. The molecule has 0 aromatic carbocycles. The van der Waals surface area contributed by atoms with Crippen LogP contribution in [0.25, 0.3) is 0 Å². The van der Waals surface area contributed by atoms with Crippen LogP contribution in [-0.4, -0.2) is 41.4 Å². The number of morpholine rings is 1. The third-order valence-corrected chi connectivity index (χ3v) is 3.59. The van der Waals surface area contributed by atoms with Crippen LogP contribution in [0.1, 0.15) is 23.2 Å². The summed E-state index contributed by atoms with van der Waals surface area (Å²) in [4.78, 5) is 17.3. The van der Waals surface area contributed by atoms with Crippen LogP contribution >= 0.6 is 11.6 Å². The van der Waals surface area contributed by atoms with Gasteiger partial charge >= 0.3 is 5.97 Å². The molecular weight excluding hydrogens is 256 g/mol. The minimum atomic E-state index is -0.989. The highest BCUT2D eigenvalue weighted by Gasteiger charge is 2.34. The van der Waals surface area contributed by atoms with Crippen molar-refractivity contribution in [2.24, 2.45) is 0 Å². The SMILES string of the molecule is O=C(O)c1cc(Cl)nc(N2CC3CCC(C2)O3)c1. The number of halogens is 1. The molecule has 2 atom stereocenters. The van der Waals surface area contributed by atoms with Crippen molar-refractivity contribution in [1.82, 2.24) is 4.98 Å². The summed E-state index contributed by atoms with van der Waals surface area (Å²) in [7, 11) is 0. The van der Waals surface area contributed by atoms with E-state index in [0.717, 1.165) is 25.9 Å². The van der Waals surface area contributed by atoms with Gasteiger partial charge in [-0.1, -0.05) is 11.6 Å². The number of ether oxygens (including phenoxy) is 1. The standard InChI is InChI=1S/C12H13ClN2O3/c13-10-3-7(12(16)17)4-11(14-10)15-5-8-1-2-9(6-15)18-8/h3-4,8-9H,1-2,5-6H2,(H,16,17). The maximum absolute atomic E-state index is 11.0. The van der Waals surface area contributed by atoms with Crippen LogP contribution < -0.4 is 4.90 Å². The van der Waals surface area contributed by atoms with Gasteiger partial charge in [-0.15, -0.1) is 0 Å². The van der Waals surface area contributed by atoms with Gasteiger partial charge < -0.3 is 14.7 Å². The van der Waals surface area contributed by atoms with E-state index in [1.807, 2.05) is 0 Å². The van der Waals surface area contributed by atoms with Gasteiger partial charge in [0, 0.05) is 13.1 Å². The van der Waals surface area contributed by atoms with E-state index in [4.69, 9.17) is 21.4 Å². The maximum Gasteiger partial charge on any atom is 0.335 e. The molecule has 3 rings (SSSR count). The summed E-state index contributed by atoms with van der Waals surface area (Å²) < 4.78 is 5.74. The highest BCUT2D eigenvalue weighted by Crippen LogP contribution is 2.29. The second-order valence-corrected chi connectivity index (χ2v) is 5.09. The zero-order valence-electron chi connectivity index (χ0n) is 9.67. The number of rotatable bonds is 2. The van der Waals surface area contributed by atoms with Crippen molar-refractivity contribution in [3.05, 3.63) is 22.8 Å². The highest BCUT2D eigenvalue weighted by molar-refractivity contribution is 6.29. The predicted octanol–water partition coefficient (Wildman–Crippen LogP) is 1.80. The van der Waals surface area contributed by atoms with Crippen molar-refractivity contribution in [3.63, 3.8) is 0 Å². The zero-order chi connectivity index (χ0) is 12.7. The van der Waals surface area contributed by atoms with Crippen molar-refractivity contribution in [2.45, 2.75) is 25.0 Å². The lowest BCUT2D eigenvalue weighted by Crippen LogP contribution is -2.43. The molecule has 0 aliphatic carbocycles. The molecule has 5 nitrogen and oxygen atoms in total. The van der Waals surface area contributed by atoms with Crippen LogP contribution in [0.4, 0.5) is 5.82 Å². The average molecular weight is 269 g/mol. The molecule has 1 aromatic heterocycles. The number of hydrogen-bond acceptors (Lipinski definition) is 4. The van der Waals surface area contributed by atoms with Crippen molar-refractivity contribution < 1.29 is 14.6 Å². The molecular formula is C12H13ClN2O3. The number of hydrogen-bond donors (Lipinski definition) is 1. The van der Waals surface area contributed by atoms with Crippen molar-refractivity contribution in [2.75, 3.05) is 18.0 Å². The molecule has 0 amide bonds. The molecule has 0 saturated carbocycles. The lowest BCUT2D eigenvalue weighted by molar-refractivity contribution is 0.0302. The number of carboxylic acid groups (broad SMARTS) is 1. The molecule has 2 saturated heterocycles. The summed E-state index contributed by atoms with van der Waals surface area (Å²) in [6, 6.07) is 2.93. The van der Waals surface area contributed by atoms with E-state index in [9.17, 15) is 4.79 Å². The number of aromatic carboxylic acids is 1. The first-order valence-electron chi connectivity index (χ1n) is 5.93. The molecule has 1 N–H and O–H groups in total. The lowest BCUT2D eigenvalue weighted by atomic mass is 10.2. The Bertz CT molecular complexity index is 482. The molecule has 2 bridgehead atoms. The Hall–Kier alpha value is -1.33. The minimum absolute atomic E-state index is 0.170. The number of carbonyl (C=O) groups is 1. The van der Waals surface area contributed by atoms with Gasteiger partial charge in [-0.05, 0) is 25.0 Å². The third kappa shape index (κ3) is 2.15. The Morgan fingerprint density at radius 1 is 1.39 bits per heavy atom. The number of aromatic nitrogens is 1. The number of nitrogens with zero attached hydrogens (tertiary/aromatic N) is 2. The van der Waals surface area contributed by atoms with E-state index < -0.39 is 5.97 Å². The summed E-state index contributed by atoms with van der Waals surface area (Å²) in [5, 5.41) is 9.23. The van der Waals surface area contributed by atoms with Gasteiger partial charge in [-0.2, -0.15) is 0 Å². The first-order chi connectivity index (χ1) is 8.61. The van der Waals surface area contributed by atoms with Crippen LogP contribution in [0.5, 0.6) is 0 Å². The van der Waals surface area contributed by atoms with Crippen LogP contribution in [0, 0.1) is 0 Å². The molecule has 6 heteroatoms. The number of anilines is 1. The fraction of sp³-hybridized carbons (Fsp3) is 0.500. The van der Waals surface area contributed by atoms with Crippen molar-refractivity contribution >= 4 is 23.4 Å². The monoisotopic (exact) mass is 268 g/mol. The van der Waals surface area contributed by atoms with E-state index in [0.29, 0.717) is 5.82 Å². The predicted molar refractivity (Wildman–Crippen MR) is 66.3 cm³/mol. The van der Waals surface area contributed by atoms with Gasteiger partial charge in [-0.25, -0.2) is 9.78 Å². The highest BCUT2D eigenvalue weighted by atomic mass is 35.5. The Morgan fingerprint density at radius 2 is 2.06 bits per heavy atom. The topological polar surface area (TPSA) is 62.7 Å². The molecule has 18 heavy (non-hydrogen) atoms. The molecule has 96 valence electrons. The quantitative estimate of drug-likeness (QED) is 0.829. The van der Waals surface area contributed by atoms with Crippen LogP contribution in [-0.2, 0) is 4.74 Å². The molecule has 2 fully saturated rings. The number of pyridine rings is 1. The van der Waals surface area contributed by atoms with E-state index in [-0.39, 0.29) is 22.9 Å². The van der Waals surface area contributed by atoms with Gasteiger partial charge in [0.1, 0.15) is 11.0 Å². The molecule has 2 aliphatic rings. The molecule has 2 aliphatic heterocycles. The Kier molecular flexibility index (Phi) is 2.87. The van der Waals surface area contributed by atoms with Gasteiger partial charge in [0.15, 0.2) is 0 Å². The molecule has 2 unspecified atom stereocenters. The van der Waals surface area contributed by atoms with E-state index in [1.165, 1.54) is 6.07 Å². The first-order valence-corrected chi connectivity index (χ1v) is 6.31. The minimum Gasteiger partial charge on any atom is -0.478 e.